The molecule has 0 saturated heterocycles. The Bertz CT molecular complexity index is 433. The summed E-state index contributed by atoms with van der Waals surface area (Å²) in [7, 11) is 0. The second-order valence-corrected chi connectivity index (χ2v) is 5.21. The summed E-state index contributed by atoms with van der Waals surface area (Å²) < 4.78 is 0. The highest BCUT2D eigenvalue weighted by Crippen LogP contribution is 2.23. The summed E-state index contributed by atoms with van der Waals surface area (Å²) >= 11 is 5.90. The van der Waals surface area contributed by atoms with Crippen molar-refractivity contribution in [3.8, 4) is 0 Å². The molecule has 0 aliphatic carbocycles. The highest BCUT2D eigenvalue weighted by molar-refractivity contribution is 6.30. The second kappa shape index (κ2) is 7.46. The Balaban J connectivity index is 2.76. The van der Waals surface area contributed by atoms with Crippen molar-refractivity contribution in [3.63, 3.8) is 0 Å². The zero-order chi connectivity index (χ0) is 14.4. The van der Waals surface area contributed by atoms with Gasteiger partial charge in [0.2, 0.25) is 0 Å². The van der Waals surface area contributed by atoms with Gasteiger partial charge < -0.3 is 5.32 Å². The fourth-order valence-corrected chi connectivity index (χ4v) is 2.50. The number of nitrogens with one attached hydrogen (secondary N) is 1. The van der Waals surface area contributed by atoms with Gasteiger partial charge in [-0.15, -0.1) is 0 Å². The number of nitrogens with zero attached hydrogens (tertiary/aromatic N) is 1. The first-order valence-corrected chi connectivity index (χ1v) is 7.03. The summed E-state index contributed by atoms with van der Waals surface area (Å²) in [5.41, 5.74) is 0.754. The second-order valence-electron chi connectivity index (χ2n) is 4.78. The molecular weight excluding hydrogens is 264 g/mol. The van der Waals surface area contributed by atoms with Crippen LogP contribution in [0.4, 0.5) is 5.69 Å². The molecule has 106 valence electrons. The Morgan fingerprint density at radius 3 is 2.53 bits per heavy atom. The van der Waals surface area contributed by atoms with Crippen molar-refractivity contribution in [1.82, 2.24) is 5.32 Å². The average molecular weight is 285 g/mol. The first-order chi connectivity index (χ1) is 8.99. The molecule has 0 radical (unpaired) electrons. The van der Waals surface area contributed by atoms with Crippen LogP contribution in [0.15, 0.2) is 18.2 Å². The molecule has 1 aromatic rings. The van der Waals surface area contributed by atoms with E-state index in [1.54, 1.807) is 12.1 Å². The van der Waals surface area contributed by atoms with Crippen molar-refractivity contribution in [2.45, 2.75) is 46.2 Å². The van der Waals surface area contributed by atoms with E-state index < -0.39 is 0 Å². The van der Waals surface area contributed by atoms with E-state index in [0.29, 0.717) is 29.1 Å². The normalized spacial score (nSPS) is 12.7. The summed E-state index contributed by atoms with van der Waals surface area (Å²) in [6, 6.07) is 5.00. The number of hydrogen-bond acceptors (Lipinski definition) is 3. The summed E-state index contributed by atoms with van der Waals surface area (Å²) in [4.78, 5) is 10.6. The number of nitro benzene ring substituents is 1. The van der Waals surface area contributed by atoms with Crippen LogP contribution in [-0.2, 0) is 6.54 Å². The summed E-state index contributed by atoms with van der Waals surface area (Å²) in [5.74, 6) is 0.582. The van der Waals surface area contributed by atoms with E-state index in [1.165, 1.54) is 6.07 Å². The molecule has 1 atom stereocenters. The zero-order valence-electron chi connectivity index (χ0n) is 11.6. The van der Waals surface area contributed by atoms with Gasteiger partial charge in [0.15, 0.2) is 0 Å². The van der Waals surface area contributed by atoms with Gasteiger partial charge in [0.25, 0.3) is 5.69 Å². The minimum atomic E-state index is -0.366. The number of benzene rings is 1. The predicted molar refractivity (Wildman–Crippen MR) is 78.5 cm³/mol. The van der Waals surface area contributed by atoms with Crippen LogP contribution in [0.5, 0.6) is 0 Å². The highest BCUT2D eigenvalue weighted by Gasteiger charge is 2.17. The Hall–Kier alpha value is -1.13. The molecule has 1 aromatic carbocycles. The number of nitro groups is 1. The van der Waals surface area contributed by atoms with Crippen molar-refractivity contribution >= 4 is 17.3 Å². The first-order valence-electron chi connectivity index (χ1n) is 6.65. The minimum Gasteiger partial charge on any atom is -0.310 e. The van der Waals surface area contributed by atoms with Crippen LogP contribution in [0.25, 0.3) is 0 Å². The van der Waals surface area contributed by atoms with Gasteiger partial charge in [0.05, 0.1) is 4.92 Å². The first kappa shape index (κ1) is 15.9. The maximum absolute atomic E-state index is 11.0. The molecule has 19 heavy (non-hydrogen) atoms. The van der Waals surface area contributed by atoms with E-state index in [9.17, 15) is 10.1 Å². The zero-order valence-corrected chi connectivity index (χ0v) is 12.4. The molecule has 0 spiro atoms. The molecule has 0 aliphatic rings. The molecule has 4 nitrogen and oxygen atoms in total. The van der Waals surface area contributed by atoms with Crippen LogP contribution < -0.4 is 5.32 Å². The molecule has 1 N–H and O–H groups in total. The minimum absolute atomic E-state index is 0.119. The van der Waals surface area contributed by atoms with Crippen LogP contribution in [0.1, 0.15) is 39.2 Å². The molecular formula is C14H21ClN2O2. The Kier molecular flexibility index (Phi) is 6.25. The highest BCUT2D eigenvalue weighted by atomic mass is 35.5. The van der Waals surface area contributed by atoms with E-state index in [2.05, 4.69) is 26.1 Å². The van der Waals surface area contributed by atoms with E-state index >= 15 is 0 Å². The van der Waals surface area contributed by atoms with Crippen LogP contribution in [0.3, 0.4) is 0 Å². The van der Waals surface area contributed by atoms with E-state index in [0.717, 1.165) is 12.8 Å². The lowest BCUT2D eigenvalue weighted by atomic mass is 9.95. The maximum Gasteiger partial charge on any atom is 0.273 e. The third-order valence-corrected chi connectivity index (χ3v) is 3.84. The van der Waals surface area contributed by atoms with E-state index in [1.807, 2.05) is 0 Å². The number of halogens is 1. The van der Waals surface area contributed by atoms with Gasteiger partial charge in [0.1, 0.15) is 0 Å². The molecule has 1 unspecified atom stereocenters. The lowest BCUT2D eigenvalue weighted by molar-refractivity contribution is -0.385. The molecule has 0 aliphatic heterocycles. The summed E-state index contributed by atoms with van der Waals surface area (Å²) in [6.07, 6.45) is 2.20. The summed E-state index contributed by atoms with van der Waals surface area (Å²) in [6.45, 7) is 6.91. The van der Waals surface area contributed by atoms with Gasteiger partial charge in [-0.25, -0.2) is 0 Å². The third-order valence-electron chi connectivity index (χ3n) is 3.61. The van der Waals surface area contributed by atoms with Gasteiger partial charge in [-0.1, -0.05) is 38.3 Å². The SMILES string of the molecule is CCC(CC)C(C)NCc1cc(Cl)ccc1[N+](=O)[O-]. The van der Waals surface area contributed by atoms with Crippen molar-refractivity contribution in [2.75, 3.05) is 0 Å². The fraction of sp³-hybridized carbons (Fsp3) is 0.571. The predicted octanol–water partition coefficient (Wildman–Crippen LogP) is 4.16. The van der Waals surface area contributed by atoms with Crippen LogP contribution in [0.2, 0.25) is 5.02 Å². The van der Waals surface area contributed by atoms with Crippen molar-refractivity contribution in [3.05, 3.63) is 38.9 Å². The smallest absolute Gasteiger partial charge is 0.273 e. The van der Waals surface area contributed by atoms with E-state index in [4.69, 9.17) is 11.6 Å². The Morgan fingerprint density at radius 2 is 2.00 bits per heavy atom. The van der Waals surface area contributed by atoms with Crippen LogP contribution in [-0.4, -0.2) is 11.0 Å². The van der Waals surface area contributed by atoms with Crippen LogP contribution in [0, 0.1) is 16.0 Å². The molecule has 5 heteroatoms. The summed E-state index contributed by atoms with van der Waals surface area (Å²) in [5, 5.41) is 14.8. The molecule has 0 saturated carbocycles. The van der Waals surface area contributed by atoms with Crippen molar-refractivity contribution < 1.29 is 4.92 Å². The van der Waals surface area contributed by atoms with Gasteiger partial charge in [-0.2, -0.15) is 0 Å². The van der Waals surface area contributed by atoms with Gasteiger partial charge in [0, 0.05) is 29.2 Å². The monoisotopic (exact) mass is 284 g/mol. The number of rotatable bonds is 7. The van der Waals surface area contributed by atoms with E-state index in [-0.39, 0.29) is 10.6 Å². The fourth-order valence-electron chi connectivity index (χ4n) is 2.31. The van der Waals surface area contributed by atoms with Crippen molar-refractivity contribution in [2.24, 2.45) is 5.92 Å². The average Bonchev–Trinajstić information content (AvgIpc) is 2.37. The molecule has 1 rings (SSSR count). The largest absolute Gasteiger partial charge is 0.310 e. The molecule has 0 amide bonds. The molecule has 0 heterocycles. The van der Waals surface area contributed by atoms with Gasteiger partial charge in [-0.05, 0) is 25.0 Å². The molecule has 0 aromatic heterocycles. The topological polar surface area (TPSA) is 55.2 Å². The quantitative estimate of drug-likeness (QED) is 0.604. The lowest BCUT2D eigenvalue weighted by Gasteiger charge is -2.22. The lowest BCUT2D eigenvalue weighted by Crippen LogP contribution is -2.32. The standard InChI is InChI=1S/C14H21ClN2O2/c1-4-11(5-2)10(3)16-9-12-8-13(15)6-7-14(12)17(18)19/h6-8,10-11,16H,4-5,9H2,1-3H3. The molecule has 0 fully saturated rings. The Labute approximate surface area is 119 Å². The van der Waals surface area contributed by atoms with Gasteiger partial charge in [-0.3, -0.25) is 10.1 Å². The molecule has 0 bridgehead atoms. The Morgan fingerprint density at radius 1 is 1.37 bits per heavy atom. The van der Waals surface area contributed by atoms with Crippen molar-refractivity contribution in [1.29, 1.82) is 0 Å². The third kappa shape index (κ3) is 4.48. The van der Waals surface area contributed by atoms with Gasteiger partial charge >= 0.3 is 0 Å². The maximum atomic E-state index is 11.0. The van der Waals surface area contributed by atoms with Crippen LogP contribution >= 0.6 is 11.6 Å². The number of hydrogen-bond donors (Lipinski definition) is 1.